The maximum absolute atomic E-state index is 13.4. The van der Waals surface area contributed by atoms with Crippen molar-refractivity contribution in [2.45, 2.75) is 32.8 Å². The molecule has 0 unspecified atom stereocenters. The van der Waals surface area contributed by atoms with Gasteiger partial charge in [0.1, 0.15) is 18.2 Å². The summed E-state index contributed by atoms with van der Waals surface area (Å²) < 4.78 is 28.2. The average Bonchev–Trinajstić information content (AvgIpc) is 2.90. The Morgan fingerprint density at radius 3 is 2.54 bits per heavy atom. The SMILES string of the molecule is CCCCc1nc2ccc(Br)cc2c(=O)n1N=Cc1cc(OC)c(OCc2ccc(F)cc2)c(Br)c1Br. The van der Waals surface area contributed by atoms with E-state index in [9.17, 15) is 9.18 Å². The van der Waals surface area contributed by atoms with Crippen LogP contribution in [-0.2, 0) is 13.0 Å². The summed E-state index contributed by atoms with van der Waals surface area (Å²) in [6.07, 6.45) is 4.06. The second kappa shape index (κ2) is 12.3. The molecule has 4 rings (SSSR count). The smallest absolute Gasteiger partial charge is 0.282 e. The molecule has 0 atom stereocenters. The molecule has 3 aromatic carbocycles. The van der Waals surface area contributed by atoms with Crippen LogP contribution in [0.1, 0.15) is 36.7 Å². The van der Waals surface area contributed by atoms with Crippen molar-refractivity contribution >= 4 is 64.9 Å². The molecule has 0 fully saturated rings. The number of nitrogens with zero attached hydrogens (tertiary/aromatic N) is 3. The number of aromatic nitrogens is 2. The van der Waals surface area contributed by atoms with Crippen molar-refractivity contribution in [3.8, 4) is 11.5 Å². The average molecular weight is 696 g/mol. The first kappa shape index (κ1) is 27.5. The van der Waals surface area contributed by atoms with Crippen LogP contribution < -0.4 is 15.0 Å². The lowest BCUT2D eigenvalue weighted by atomic mass is 10.2. The normalized spacial score (nSPS) is 11.4. The number of hydrogen-bond acceptors (Lipinski definition) is 5. The molecule has 1 heterocycles. The van der Waals surface area contributed by atoms with Gasteiger partial charge in [0.25, 0.3) is 5.56 Å². The van der Waals surface area contributed by atoms with Gasteiger partial charge in [0, 0.05) is 20.9 Å². The highest BCUT2D eigenvalue weighted by atomic mass is 79.9. The van der Waals surface area contributed by atoms with Gasteiger partial charge in [-0.2, -0.15) is 9.78 Å². The molecule has 0 bridgehead atoms. The Bertz CT molecular complexity index is 1520. The maximum Gasteiger partial charge on any atom is 0.282 e. The first-order valence-electron chi connectivity index (χ1n) is 11.5. The molecule has 0 aliphatic rings. The number of aryl methyl sites for hydroxylation is 1. The number of methoxy groups -OCH3 is 1. The first-order chi connectivity index (χ1) is 17.8. The van der Waals surface area contributed by atoms with Gasteiger partial charge in [-0.15, -0.1) is 0 Å². The second-order valence-electron chi connectivity index (χ2n) is 8.19. The molecule has 0 saturated heterocycles. The topological polar surface area (TPSA) is 65.7 Å². The van der Waals surface area contributed by atoms with E-state index in [1.165, 1.54) is 16.8 Å². The first-order valence-corrected chi connectivity index (χ1v) is 13.9. The molecular weight excluding hydrogens is 673 g/mol. The van der Waals surface area contributed by atoms with Crippen molar-refractivity contribution < 1.29 is 13.9 Å². The fourth-order valence-corrected chi connectivity index (χ4v) is 4.95. The van der Waals surface area contributed by atoms with E-state index in [0.29, 0.717) is 49.2 Å². The van der Waals surface area contributed by atoms with Gasteiger partial charge >= 0.3 is 0 Å². The molecule has 0 radical (unpaired) electrons. The van der Waals surface area contributed by atoms with Crippen LogP contribution in [0.25, 0.3) is 10.9 Å². The minimum atomic E-state index is -0.305. The van der Waals surface area contributed by atoms with Crippen molar-refractivity contribution in [3.63, 3.8) is 0 Å². The van der Waals surface area contributed by atoms with E-state index in [4.69, 9.17) is 14.5 Å². The number of fused-ring (bicyclic) bond motifs is 1. The van der Waals surface area contributed by atoms with E-state index in [0.717, 1.165) is 22.9 Å². The predicted octanol–water partition coefficient (Wildman–Crippen LogP) is 7.64. The van der Waals surface area contributed by atoms with Gasteiger partial charge in [-0.1, -0.05) is 41.4 Å². The highest BCUT2D eigenvalue weighted by Gasteiger charge is 2.17. The zero-order chi connectivity index (χ0) is 26.5. The molecule has 0 aliphatic carbocycles. The molecule has 4 aromatic rings. The Labute approximate surface area is 238 Å². The van der Waals surface area contributed by atoms with Gasteiger partial charge < -0.3 is 9.47 Å². The van der Waals surface area contributed by atoms with Gasteiger partial charge in [-0.3, -0.25) is 4.79 Å². The highest BCUT2D eigenvalue weighted by molar-refractivity contribution is 9.13. The third-order valence-corrected chi connectivity index (χ3v) is 8.25. The van der Waals surface area contributed by atoms with E-state index in [-0.39, 0.29) is 18.0 Å². The summed E-state index contributed by atoms with van der Waals surface area (Å²) in [5.41, 5.74) is 1.88. The number of unbranched alkanes of at least 4 members (excludes halogenated alkanes) is 1. The zero-order valence-electron chi connectivity index (χ0n) is 20.1. The molecule has 0 amide bonds. The molecule has 0 saturated carbocycles. The number of halogens is 4. The van der Waals surface area contributed by atoms with Crippen LogP contribution >= 0.6 is 47.8 Å². The van der Waals surface area contributed by atoms with Crippen LogP contribution in [0.2, 0.25) is 0 Å². The van der Waals surface area contributed by atoms with Gasteiger partial charge in [-0.25, -0.2) is 9.37 Å². The largest absolute Gasteiger partial charge is 0.493 e. The number of ether oxygens (including phenoxy) is 2. The van der Waals surface area contributed by atoms with Crippen molar-refractivity contribution in [2.24, 2.45) is 5.10 Å². The van der Waals surface area contributed by atoms with Crippen LogP contribution in [0.5, 0.6) is 11.5 Å². The summed E-state index contributed by atoms with van der Waals surface area (Å²) in [6, 6.07) is 13.3. The van der Waals surface area contributed by atoms with Crippen LogP contribution in [0, 0.1) is 5.82 Å². The summed E-state index contributed by atoms with van der Waals surface area (Å²) in [7, 11) is 1.54. The van der Waals surface area contributed by atoms with E-state index in [1.54, 1.807) is 37.6 Å². The Morgan fingerprint density at radius 1 is 1.08 bits per heavy atom. The summed E-state index contributed by atoms with van der Waals surface area (Å²) in [6.45, 7) is 2.31. The Morgan fingerprint density at radius 2 is 1.84 bits per heavy atom. The molecule has 192 valence electrons. The minimum Gasteiger partial charge on any atom is -0.493 e. The fourth-order valence-electron chi connectivity index (χ4n) is 3.65. The van der Waals surface area contributed by atoms with Crippen molar-refractivity contribution in [1.29, 1.82) is 0 Å². The van der Waals surface area contributed by atoms with Gasteiger partial charge in [0.15, 0.2) is 11.5 Å². The fraction of sp³-hybridized carbons (Fsp3) is 0.222. The predicted molar refractivity (Wildman–Crippen MR) is 154 cm³/mol. The third-order valence-electron chi connectivity index (χ3n) is 5.61. The molecule has 1 aromatic heterocycles. The molecular formula is C27H23Br3FN3O3. The van der Waals surface area contributed by atoms with Gasteiger partial charge in [0.05, 0.1) is 28.7 Å². The van der Waals surface area contributed by atoms with Crippen LogP contribution in [0.4, 0.5) is 4.39 Å². The second-order valence-corrected chi connectivity index (χ2v) is 10.7. The van der Waals surface area contributed by atoms with Crippen LogP contribution in [-0.4, -0.2) is 23.0 Å². The number of rotatable bonds is 9. The summed E-state index contributed by atoms with van der Waals surface area (Å²) in [5.74, 6) is 1.24. The monoisotopic (exact) mass is 693 g/mol. The van der Waals surface area contributed by atoms with Gasteiger partial charge in [0.2, 0.25) is 0 Å². The van der Waals surface area contributed by atoms with E-state index in [1.807, 2.05) is 12.1 Å². The molecule has 10 heteroatoms. The van der Waals surface area contributed by atoms with Crippen molar-refractivity contribution in [1.82, 2.24) is 9.66 Å². The zero-order valence-corrected chi connectivity index (χ0v) is 24.9. The number of benzene rings is 3. The standard InChI is InChI=1S/C27H23Br3FN3O3/c1-3-4-5-23-33-21-11-8-18(28)13-20(21)27(35)34(23)32-14-17-12-22(36-2)26(25(30)24(17)29)37-15-16-6-9-19(31)10-7-16/h6-14H,3-5,15H2,1-2H3. The lowest BCUT2D eigenvalue weighted by Gasteiger charge is -2.15. The summed E-state index contributed by atoms with van der Waals surface area (Å²) in [4.78, 5) is 18.1. The van der Waals surface area contributed by atoms with E-state index < -0.39 is 0 Å². The van der Waals surface area contributed by atoms with Crippen molar-refractivity contribution in [3.05, 3.63) is 95.1 Å². The molecule has 0 spiro atoms. The lowest BCUT2D eigenvalue weighted by molar-refractivity contribution is 0.282. The molecule has 0 N–H and O–H groups in total. The molecule has 37 heavy (non-hydrogen) atoms. The Kier molecular flexibility index (Phi) is 9.15. The van der Waals surface area contributed by atoms with Gasteiger partial charge in [-0.05, 0) is 80.2 Å². The highest BCUT2D eigenvalue weighted by Crippen LogP contribution is 2.42. The maximum atomic E-state index is 13.4. The minimum absolute atomic E-state index is 0.226. The Balaban J connectivity index is 1.71. The van der Waals surface area contributed by atoms with E-state index in [2.05, 4.69) is 59.8 Å². The number of hydrogen-bond donors (Lipinski definition) is 0. The van der Waals surface area contributed by atoms with E-state index >= 15 is 0 Å². The third kappa shape index (κ3) is 6.30. The van der Waals surface area contributed by atoms with Crippen LogP contribution in [0.3, 0.4) is 0 Å². The summed E-state index contributed by atoms with van der Waals surface area (Å²) in [5, 5.41) is 5.02. The van der Waals surface area contributed by atoms with Crippen molar-refractivity contribution in [2.75, 3.05) is 7.11 Å². The van der Waals surface area contributed by atoms with Crippen LogP contribution in [0.15, 0.2) is 71.8 Å². The molecule has 0 aliphatic heterocycles. The quantitative estimate of drug-likeness (QED) is 0.169. The molecule has 6 nitrogen and oxygen atoms in total. The Hall–Kier alpha value is -2.56. The summed E-state index contributed by atoms with van der Waals surface area (Å²) >= 11 is 10.6. The lowest BCUT2D eigenvalue weighted by Crippen LogP contribution is -2.22.